The van der Waals surface area contributed by atoms with Crippen molar-refractivity contribution in [2.75, 3.05) is 33.2 Å². The van der Waals surface area contributed by atoms with Gasteiger partial charge in [0, 0.05) is 38.8 Å². The average molecular weight is 279 g/mol. The molecule has 0 spiro atoms. The van der Waals surface area contributed by atoms with E-state index < -0.39 is 10.9 Å². The molecule has 0 aromatic heterocycles. The van der Waals surface area contributed by atoms with Crippen LogP contribution in [0.25, 0.3) is 0 Å². The Labute approximate surface area is 116 Å². The Morgan fingerprint density at radius 1 is 1.35 bits per heavy atom. The number of carboxylic acids is 1. The predicted octanol–water partition coefficient (Wildman–Crippen LogP) is 1.04. The molecule has 1 N–H and O–H groups in total. The molecule has 1 aromatic rings. The summed E-state index contributed by atoms with van der Waals surface area (Å²) in [6.45, 7) is 4.36. The lowest BCUT2D eigenvalue weighted by Crippen LogP contribution is -2.43. The van der Waals surface area contributed by atoms with E-state index in [-0.39, 0.29) is 11.3 Å². The van der Waals surface area contributed by atoms with Crippen molar-refractivity contribution < 1.29 is 14.8 Å². The number of nitro benzene ring substituents is 1. The summed E-state index contributed by atoms with van der Waals surface area (Å²) in [6, 6.07) is 4.32. The molecule has 0 atom stereocenters. The molecule has 0 unspecified atom stereocenters. The second-order valence-corrected chi connectivity index (χ2v) is 4.99. The molecule has 108 valence electrons. The fraction of sp³-hybridized carbons (Fsp3) is 0.462. The number of hydrogen-bond donors (Lipinski definition) is 1. The lowest BCUT2D eigenvalue weighted by atomic mass is 10.1. The number of nitro groups is 1. The number of likely N-dealkylation sites (N-methyl/N-ethyl adjacent to an activating group) is 1. The second kappa shape index (κ2) is 5.98. The smallest absolute Gasteiger partial charge is 0.342 e. The van der Waals surface area contributed by atoms with E-state index >= 15 is 0 Å². The van der Waals surface area contributed by atoms with Crippen molar-refractivity contribution in [1.29, 1.82) is 0 Å². The molecule has 0 amide bonds. The third-order valence-corrected chi connectivity index (χ3v) is 3.49. The fourth-order valence-electron chi connectivity index (χ4n) is 2.27. The molecule has 0 saturated carbocycles. The summed E-state index contributed by atoms with van der Waals surface area (Å²) in [5, 5.41) is 19.9. The Kier molecular flexibility index (Phi) is 4.31. The minimum atomic E-state index is -1.28. The lowest BCUT2D eigenvalue weighted by Gasteiger charge is -2.32. The van der Waals surface area contributed by atoms with Gasteiger partial charge in [0.15, 0.2) is 0 Å². The van der Waals surface area contributed by atoms with Crippen molar-refractivity contribution in [3.63, 3.8) is 0 Å². The summed E-state index contributed by atoms with van der Waals surface area (Å²) < 4.78 is 0. The van der Waals surface area contributed by atoms with E-state index in [2.05, 4.69) is 16.8 Å². The van der Waals surface area contributed by atoms with Crippen molar-refractivity contribution >= 4 is 11.7 Å². The number of nitrogens with zero attached hydrogens (tertiary/aromatic N) is 3. The summed E-state index contributed by atoms with van der Waals surface area (Å²) >= 11 is 0. The minimum Gasteiger partial charge on any atom is -0.477 e. The van der Waals surface area contributed by atoms with Gasteiger partial charge >= 0.3 is 5.97 Å². The van der Waals surface area contributed by atoms with Crippen LogP contribution in [0.4, 0.5) is 5.69 Å². The molecule has 1 heterocycles. The SMILES string of the molecule is CN1CCN(Cc2ccc(C(=O)O)c([N+](=O)[O-])c2)CC1. The summed E-state index contributed by atoms with van der Waals surface area (Å²) in [4.78, 5) is 25.7. The molecule has 1 saturated heterocycles. The monoisotopic (exact) mass is 279 g/mol. The van der Waals surface area contributed by atoms with Crippen LogP contribution < -0.4 is 0 Å². The van der Waals surface area contributed by atoms with Gasteiger partial charge < -0.3 is 10.0 Å². The topological polar surface area (TPSA) is 86.9 Å². The van der Waals surface area contributed by atoms with Crippen molar-refractivity contribution in [2.24, 2.45) is 0 Å². The highest BCUT2D eigenvalue weighted by atomic mass is 16.6. The number of piperazine rings is 1. The first-order valence-electron chi connectivity index (χ1n) is 6.39. The van der Waals surface area contributed by atoms with E-state index in [1.54, 1.807) is 6.07 Å². The number of aromatic carboxylic acids is 1. The van der Waals surface area contributed by atoms with Crippen LogP contribution in [-0.2, 0) is 6.54 Å². The average Bonchev–Trinajstić information content (AvgIpc) is 2.41. The fourth-order valence-corrected chi connectivity index (χ4v) is 2.27. The van der Waals surface area contributed by atoms with Gasteiger partial charge in [0.1, 0.15) is 5.56 Å². The van der Waals surface area contributed by atoms with Crippen molar-refractivity contribution in [1.82, 2.24) is 9.80 Å². The first kappa shape index (κ1) is 14.4. The summed E-state index contributed by atoms with van der Waals surface area (Å²) in [5.41, 5.74) is 0.160. The van der Waals surface area contributed by atoms with Gasteiger partial charge in [-0.3, -0.25) is 15.0 Å². The van der Waals surface area contributed by atoms with Gasteiger partial charge in [-0.2, -0.15) is 0 Å². The van der Waals surface area contributed by atoms with Gasteiger partial charge in [0.05, 0.1) is 4.92 Å². The van der Waals surface area contributed by atoms with Crippen molar-refractivity contribution in [3.8, 4) is 0 Å². The highest BCUT2D eigenvalue weighted by molar-refractivity contribution is 5.92. The quantitative estimate of drug-likeness (QED) is 0.654. The Balaban J connectivity index is 2.15. The molecule has 0 radical (unpaired) electrons. The van der Waals surface area contributed by atoms with E-state index in [4.69, 9.17) is 5.11 Å². The Hall–Kier alpha value is -1.99. The number of carbonyl (C=O) groups is 1. The van der Waals surface area contributed by atoms with Crippen LogP contribution in [-0.4, -0.2) is 59.0 Å². The zero-order valence-electron chi connectivity index (χ0n) is 11.3. The highest BCUT2D eigenvalue weighted by Crippen LogP contribution is 2.21. The molecule has 1 aromatic carbocycles. The van der Waals surface area contributed by atoms with Gasteiger partial charge in [-0.25, -0.2) is 4.79 Å². The Morgan fingerprint density at radius 3 is 2.55 bits per heavy atom. The molecule has 1 fully saturated rings. The van der Waals surface area contributed by atoms with Gasteiger partial charge in [-0.05, 0) is 18.7 Å². The van der Waals surface area contributed by atoms with Crippen LogP contribution in [0.2, 0.25) is 0 Å². The molecular formula is C13H17N3O4. The molecule has 2 rings (SSSR count). The van der Waals surface area contributed by atoms with Gasteiger partial charge in [-0.1, -0.05) is 6.07 Å². The van der Waals surface area contributed by atoms with Crippen LogP contribution in [0.1, 0.15) is 15.9 Å². The highest BCUT2D eigenvalue weighted by Gasteiger charge is 2.21. The van der Waals surface area contributed by atoms with Gasteiger partial charge in [0.2, 0.25) is 0 Å². The number of rotatable bonds is 4. The molecule has 0 aliphatic carbocycles. The number of benzene rings is 1. The second-order valence-electron chi connectivity index (χ2n) is 4.99. The zero-order chi connectivity index (χ0) is 14.7. The van der Waals surface area contributed by atoms with E-state index in [0.29, 0.717) is 6.54 Å². The van der Waals surface area contributed by atoms with E-state index in [1.165, 1.54) is 12.1 Å². The van der Waals surface area contributed by atoms with Crippen LogP contribution in [0, 0.1) is 10.1 Å². The maximum atomic E-state index is 10.9. The van der Waals surface area contributed by atoms with E-state index in [9.17, 15) is 14.9 Å². The molecule has 1 aliphatic heterocycles. The third kappa shape index (κ3) is 3.31. The van der Waals surface area contributed by atoms with E-state index in [0.717, 1.165) is 31.7 Å². The minimum absolute atomic E-state index is 0.267. The maximum absolute atomic E-state index is 10.9. The van der Waals surface area contributed by atoms with Crippen LogP contribution >= 0.6 is 0 Å². The summed E-state index contributed by atoms with van der Waals surface area (Å²) in [6.07, 6.45) is 0. The molecular weight excluding hydrogens is 262 g/mol. The molecule has 20 heavy (non-hydrogen) atoms. The predicted molar refractivity (Wildman–Crippen MR) is 72.8 cm³/mol. The third-order valence-electron chi connectivity index (χ3n) is 3.49. The Morgan fingerprint density at radius 2 is 2.00 bits per heavy atom. The first-order valence-corrected chi connectivity index (χ1v) is 6.39. The molecule has 7 heteroatoms. The normalized spacial score (nSPS) is 17.1. The number of hydrogen-bond acceptors (Lipinski definition) is 5. The van der Waals surface area contributed by atoms with E-state index in [1.807, 2.05) is 0 Å². The lowest BCUT2D eigenvalue weighted by molar-refractivity contribution is -0.385. The van der Waals surface area contributed by atoms with Crippen molar-refractivity contribution in [3.05, 3.63) is 39.4 Å². The van der Waals surface area contributed by atoms with Gasteiger partial charge in [-0.15, -0.1) is 0 Å². The molecule has 7 nitrogen and oxygen atoms in total. The van der Waals surface area contributed by atoms with Crippen molar-refractivity contribution in [2.45, 2.75) is 6.54 Å². The Bertz CT molecular complexity index is 524. The largest absolute Gasteiger partial charge is 0.477 e. The zero-order valence-corrected chi connectivity index (χ0v) is 11.3. The number of carboxylic acid groups (broad SMARTS) is 1. The summed E-state index contributed by atoms with van der Waals surface area (Å²) in [5.74, 6) is -1.28. The van der Waals surface area contributed by atoms with Crippen LogP contribution in [0.15, 0.2) is 18.2 Å². The van der Waals surface area contributed by atoms with Gasteiger partial charge in [0.25, 0.3) is 5.69 Å². The molecule has 1 aliphatic rings. The van der Waals surface area contributed by atoms with Crippen LogP contribution in [0.3, 0.4) is 0 Å². The summed E-state index contributed by atoms with van der Waals surface area (Å²) in [7, 11) is 2.06. The maximum Gasteiger partial charge on any atom is 0.342 e. The first-order chi connectivity index (χ1) is 9.47. The van der Waals surface area contributed by atoms with Crippen LogP contribution in [0.5, 0.6) is 0 Å². The standard InChI is InChI=1S/C13H17N3O4/c1-14-4-6-15(7-5-14)9-10-2-3-11(13(17)18)12(8-10)16(19)20/h2-3,8H,4-7,9H2,1H3,(H,17,18). The molecule has 0 bridgehead atoms.